The number of hydrogen-bond donors (Lipinski definition) is 0. The molecule has 0 radical (unpaired) electrons. The molecule has 0 aliphatic heterocycles. The first kappa shape index (κ1) is 28.6. The quantitative estimate of drug-likeness (QED) is 0.0909. The zero-order chi connectivity index (χ0) is 27.2. The van der Waals surface area contributed by atoms with Gasteiger partial charge in [0, 0.05) is 6.08 Å². The summed E-state index contributed by atoms with van der Waals surface area (Å²) in [5.41, 5.74) is 1.22. The Labute approximate surface area is 227 Å². The smallest absolute Gasteiger partial charge is 0.343 e. The molecule has 3 rings (SSSR count). The highest BCUT2D eigenvalue weighted by molar-refractivity contribution is 6.32. The summed E-state index contributed by atoms with van der Waals surface area (Å²) in [4.78, 5) is 23.5. The third kappa shape index (κ3) is 9.48. The Hall–Kier alpha value is -3.97. The molecule has 3 aromatic carbocycles. The van der Waals surface area contributed by atoms with Gasteiger partial charge in [0.15, 0.2) is 0 Å². The van der Waals surface area contributed by atoms with E-state index in [1.807, 2.05) is 24.3 Å². The van der Waals surface area contributed by atoms with Crippen LogP contribution in [0.25, 0.3) is 0 Å². The molecule has 0 heterocycles. The van der Waals surface area contributed by atoms with Gasteiger partial charge in [-0.15, -0.1) is 0 Å². The van der Waals surface area contributed by atoms with Crippen LogP contribution in [0.2, 0.25) is 5.02 Å². The predicted octanol–water partition coefficient (Wildman–Crippen LogP) is 6.82. The Bertz CT molecular complexity index is 1190. The molecule has 0 bridgehead atoms. The van der Waals surface area contributed by atoms with E-state index < -0.39 is 11.9 Å². The fourth-order valence-corrected chi connectivity index (χ4v) is 3.62. The van der Waals surface area contributed by atoms with Gasteiger partial charge in [-0.05, 0) is 91.9 Å². The summed E-state index contributed by atoms with van der Waals surface area (Å²) in [6.07, 6.45) is 4.74. The minimum Gasteiger partial charge on any atom is -0.497 e. The number of unbranched alkanes of at least 4 members (excludes halogenated alkanes) is 3. The molecule has 8 heteroatoms. The predicted molar refractivity (Wildman–Crippen MR) is 145 cm³/mol. The maximum Gasteiger partial charge on any atom is 0.343 e. The topological polar surface area (TPSA) is 80.3 Å². The van der Waals surface area contributed by atoms with E-state index in [2.05, 4.69) is 6.58 Å². The molecule has 0 aromatic heterocycles. The van der Waals surface area contributed by atoms with Gasteiger partial charge < -0.3 is 23.7 Å². The zero-order valence-corrected chi connectivity index (χ0v) is 22.1. The number of halogens is 1. The maximum absolute atomic E-state index is 12.6. The van der Waals surface area contributed by atoms with Crippen molar-refractivity contribution in [2.45, 2.75) is 32.3 Å². The first-order chi connectivity index (χ1) is 18.5. The number of rotatable bonds is 15. The van der Waals surface area contributed by atoms with Gasteiger partial charge >= 0.3 is 11.9 Å². The van der Waals surface area contributed by atoms with Gasteiger partial charge in [-0.3, -0.25) is 0 Å². The van der Waals surface area contributed by atoms with Gasteiger partial charge in [-0.2, -0.15) is 0 Å². The summed E-state index contributed by atoms with van der Waals surface area (Å²) < 4.78 is 27.0. The molecular weight excluding hydrogens is 508 g/mol. The molecule has 200 valence electrons. The van der Waals surface area contributed by atoms with E-state index in [-0.39, 0.29) is 5.75 Å². The van der Waals surface area contributed by atoms with Crippen molar-refractivity contribution < 1.29 is 33.3 Å². The van der Waals surface area contributed by atoms with Crippen molar-refractivity contribution in [3.63, 3.8) is 0 Å². The van der Waals surface area contributed by atoms with Crippen LogP contribution < -0.4 is 18.9 Å². The fraction of sp³-hybridized carbons (Fsp3) is 0.267. The first-order valence-electron chi connectivity index (χ1n) is 12.3. The van der Waals surface area contributed by atoms with Crippen LogP contribution in [0.1, 0.15) is 41.6 Å². The molecule has 0 aliphatic rings. The van der Waals surface area contributed by atoms with E-state index in [0.717, 1.165) is 43.1 Å². The van der Waals surface area contributed by atoms with Crippen LogP contribution in [0.3, 0.4) is 0 Å². The highest BCUT2D eigenvalue weighted by Crippen LogP contribution is 2.27. The molecule has 0 atom stereocenters. The number of methoxy groups -OCH3 is 1. The lowest BCUT2D eigenvalue weighted by atomic mass is 10.2. The average Bonchev–Trinajstić information content (AvgIpc) is 2.95. The van der Waals surface area contributed by atoms with E-state index in [1.54, 1.807) is 49.6 Å². The average molecular weight is 539 g/mol. The Morgan fingerprint density at radius 1 is 0.816 bits per heavy atom. The molecule has 0 saturated heterocycles. The van der Waals surface area contributed by atoms with Crippen molar-refractivity contribution in [3.8, 4) is 23.0 Å². The lowest BCUT2D eigenvalue weighted by Crippen LogP contribution is -2.09. The summed E-state index contributed by atoms with van der Waals surface area (Å²) in [6.45, 7) is 4.63. The van der Waals surface area contributed by atoms with Crippen molar-refractivity contribution in [1.29, 1.82) is 0 Å². The Morgan fingerprint density at radius 3 is 2.11 bits per heavy atom. The fourth-order valence-electron chi connectivity index (χ4n) is 3.38. The van der Waals surface area contributed by atoms with Crippen molar-refractivity contribution >= 4 is 23.5 Å². The largest absolute Gasteiger partial charge is 0.497 e. The molecule has 0 unspecified atom stereocenters. The summed E-state index contributed by atoms with van der Waals surface area (Å²) in [6, 6.07) is 19.2. The number of benzene rings is 3. The van der Waals surface area contributed by atoms with E-state index in [4.69, 9.17) is 35.3 Å². The molecule has 7 nitrogen and oxygen atoms in total. The summed E-state index contributed by atoms with van der Waals surface area (Å²) in [7, 11) is 1.61. The van der Waals surface area contributed by atoms with E-state index >= 15 is 0 Å². The lowest BCUT2D eigenvalue weighted by Gasteiger charge is -2.10. The van der Waals surface area contributed by atoms with E-state index in [9.17, 15) is 9.59 Å². The van der Waals surface area contributed by atoms with Crippen molar-refractivity contribution in [3.05, 3.63) is 95.5 Å². The monoisotopic (exact) mass is 538 g/mol. The van der Waals surface area contributed by atoms with Gasteiger partial charge in [0.25, 0.3) is 0 Å². The van der Waals surface area contributed by atoms with Gasteiger partial charge in [0.1, 0.15) is 29.6 Å². The lowest BCUT2D eigenvalue weighted by molar-refractivity contribution is -0.137. The van der Waals surface area contributed by atoms with Crippen LogP contribution in [0.5, 0.6) is 23.0 Å². The van der Waals surface area contributed by atoms with Gasteiger partial charge in [0.05, 0.1) is 30.9 Å². The number of hydrogen-bond acceptors (Lipinski definition) is 7. The van der Waals surface area contributed by atoms with Crippen LogP contribution in [0.15, 0.2) is 79.4 Å². The molecule has 0 amide bonds. The molecular formula is C30H31ClO7. The number of ether oxygens (including phenoxy) is 5. The van der Waals surface area contributed by atoms with Crippen LogP contribution in [0.4, 0.5) is 0 Å². The first-order valence-corrected chi connectivity index (χ1v) is 12.7. The van der Waals surface area contributed by atoms with Crippen molar-refractivity contribution in [2.75, 3.05) is 20.3 Å². The minimum atomic E-state index is -0.516. The summed E-state index contributed by atoms with van der Waals surface area (Å²) in [5, 5.41) is 0.313. The Morgan fingerprint density at radius 2 is 1.45 bits per heavy atom. The third-order valence-corrected chi connectivity index (χ3v) is 5.77. The molecule has 38 heavy (non-hydrogen) atoms. The zero-order valence-electron chi connectivity index (χ0n) is 21.3. The molecule has 0 saturated carbocycles. The molecule has 0 N–H and O–H groups in total. The molecule has 0 spiro atoms. The minimum absolute atomic E-state index is 0.268. The van der Waals surface area contributed by atoms with Crippen molar-refractivity contribution in [1.82, 2.24) is 0 Å². The van der Waals surface area contributed by atoms with Crippen LogP contribution in [0, 0.1) is 0 Å². The Kier molecular flexibility index (Phi) is 11.5. The number of esters is 2. The standard InChI is InChI=1S/C30H31ClO7/c1-3-29(32)36-19-7-5-4-6-18-35-25-11-9-23(10-12-25)30(33)38-28-17-8-22(20-27(28)31)21-37-26-15-13-24(34-2)14-16-26/h3,8-17,20H,1,4-7,18-19,21H2,2H3. The second kappa shape index (κ2) is 15.3. The number of carbonyl (C=O) groups is 2. The van der Waals surface area contributed by atoms with Gasteiger partial charge in [-0.25, -0.2) is 9.59 Å². The highest BCUT2D eigenvalue weighted by atomic mass is 35.5. The van der Waals surface area contributed by atoms with Crippen molar-refractivity contribution in [2.24, 2.45) is 0 Å². The van der Waals surface area contributed by atoms with E-state index in [1.165, 1.54) is 0 Å². The maximum atomic E-state index is 12.6. The summed E-state index contributed by atoms with van der Waals surface area (Å²) in [5.74, 6) is 1.48. The van der Waals surface area contributed by atoms with E-state index in [0.29, 0.717) is 41.9 Å². The molecule has 3 aromatic rings. The Balaban J connectivity index is 1.39. The normalized spacial score (nSPS) is 10.4. The van der Waals surface area contributed by atoms with Gasteiger partial charge in [0.2, 0.25) is 0 Å². The van der Waals surface area contributed by atoms with Crippen LogP contribution in [-0.2, 0) is 16.1 Å². The summed E-state index contributed by atoms with van der Waals surface area (Å²) >= 11 is 6.34. The SMILES string of the molecule is C=CC(=O)OCCCCCCOc1ccc(C(=O)Oc2ccc(COc3ccc(OC)cc3)cc2Cl)cc1. The van der Waals surface area contributed by atoms with Gasteiger partial charge in [-0.1, -0.05) is 24.2 Å². The van der Waals surface area contributed by atoms with Crippen LogP contribution >= 0.6 is 11.6 Å². The van der Waals surface area contributed by atoms with Crippen LogP contribution in [-0.4, -0.2) is 32.3 Å². The second-order valence-corrected chi connectivity index (χ2v) is 8.68. The molecule has 0 aliphatic carbocycles. The second-order valence-electron chi connectivity index (χ2n) is 8.28. The third-order valence-electron chi connectivity index (χ3n) is 5.47. The molecule has 0 fully saturated rings. The highest BCUT2D eigenvalue weighted by Gasteiger charge is 2.12. The number of carbonyl (C=O) groups excluding carboxylic acids is 2.